The van der Waals surface area contributed by atoms with Crippen LogP contribution in [0.5, 0.6) is 0 Å². The number of aromatic nitrogens is 5. The van der Waals surface area contributed by atoms with Crippen LogP contribution < -0.4 is 0 Å². The van der Waals surface area contributed by atoms with Gasteiger partial charge >= 0.3 is 0 Å². The van der Waals surface area contributed by atoms with E-state index in [9.17, 15) is 0 Å². The number of ether oxygens (including phenoxy) is 1. The molecule has 1 aliphatic heterocycles. The largest absolute Gasteiger partial charge is 0.365 e. The Kier molecular flexibility index (Phi) is 4.61. The second kappa shape index (κ2) is 7.42. The number of aryl methyl sites for hydroxylation is 1. The first-order chi connectivity index (χ1) is 14.2. The molecule has 1 aliphatic rings. The minimum absolute atomic E-state index is 0.101. The van der Waals surface area contributed by atoms with Gasteiger partial charge in [0.25, 0.3) is 0 Å². The number of benzene rings is 2. The Hall–Kier alpha value is -3.03. The summed E-state index contributed by atoms with van der Waals surface area (Å²) in [6, 6.07) is 15.8. The van der Waals surface area contributed by atoms with Crippen molar-refractivity contribution in [3.8, 4) is 11.5 Å². The van der Waals surface area contributed by atoms with Gasteiger partial charge in [-0.3, -0.25) is 0 Å². The topological polar surface area (TPSA) is 78.9 Å². The molecule has 5 rings (SSSR count). The van der Waals surface area contributed by atoms with Crippen LogP contribution in [0, 0.1) is 6.92 Å². The first-order valence-electron chi connectivity index (χ1n) is 9.34. The smallest absolute Gasteiger partial charge is 0.231 e. The van der Waals surface area contributed by atoms with Crippen molar-refractivity contribution >= 4 is 11.6 Å². The van der Waals surface area contributed by atoms with E-state index in [0.29, 0.717) is 42.0 Å². The Morgan fingerprint density at radius 3 is 2.79 bits per heavy atom. The highest BCUT2D eigenvalue weighted by molar-refractivity contribution is 6.30. The summed E-state index contributed by atoms with van der Waals surface area (Å²) in [6.45, 7) is 3.01. The van der Waals surface area contributed by atoms with Gasteiger partial charge in [0.15, 0.2) is 5.69 Å². The van der Waals surface area contributed by atoms with Crippen molar-refractivity contribution in [1.29, 1.82) is 0 Å². The number of nitrogens with zero attached hydrogens (tertiary/aromatic N) is 5. The Morgan fingerprint density at radius 2 is 1.97 bits per heavy atom. The number of hydrogen-bond acceptors (Lipinski definition) is 6. The molecule has 2 aromatic carbocycles. The van der Waals surface area contributed by atoms with Crippen molar-refractivity contribution < 1.29 is 9.26 Å². The van der Waals surface area contributed by atoms with Gasteiger partial charge in [0.05, 0.1) is 25.3 Å². The van der Waals surface area contributed by atoms with Crippen LogP contribution in [0.2, 0.25) is 5.02 Å². The Bertz CT molecular complexity index is 1150. The highest BCUT2D eigenvalue weighted by Crippen LogP contribution is 2.30. The van der Waals surface area contributed by atoms with E-state index in [1.807, 2.05) is 41.1 Å². The minimum Gasteiger partial charge on any atom is -0.365 e. The summed E-state index contributed by atoms with van der Waals surface area (Å²) in [5, 5.41) is 13.4. The van der Waals surface area contributed by atoms with E-state index in [-0.39, 0.29) is 6.10 Å². The lowest BCUT2D eigenvalue weighted by Gasteiger charge is -2.24. The molecule has 0 radical (unpaired) electrons. The summed E-state index contributed by atoms with van der Waals surface area (Å²) in [4.78, 5) is 4.52. The summed E-state index contributed by atoms with van der Waals surface area (Å²) in [7, 11) is 0. The second-order valence-electron chi connectivity index (χ2n) is 7.03. The maximum absolute atomic E-state index is 6.04. The van der Waals surface area contributed by atoms with Gasteiger partial charge in [0.1, 0.15) is 6.10 Å². The van der Waals surface area contributed by atoms with Crippen LogP contribution >= 0.6 is 11.6 Å². The number of rotatable bonds is 4. The van der Waals surface area contributed by atoms with Gasteiger partial charge < -0.3 is 9.26 Å². The number of halogens is 1. The van der Waals surface area contributed by atoms with Gasteiger partial charge in [-0.15, -0.1) is 5.10 Å². The Labute approximate surface area is 172 Å². The standard InChI is InChI=1S/C21H18ClN5O2/c1-13-4-2-3-5-15(13)10-19-23-21(25-29-19)20-17-12-28-18(11-27(17)26-24-20)14-6-8-16(22)9-7-14/h2-9,18H,10-12H2,1H3. The van der Waals surface area contributed by atoms with E-state index in [4.69, 9.17) is 20.9 Å². The molecule has 1 unspecified atom stereocenters. The van der Waals surface area contributed by atoms with E-state index >= 15 is 0 Å². The van der Waals surface area contributed by atoms with Gasteiger partial charge in [0, 0.05) is 5.02 Å². The molecule has 0 N–H and O–H groups in total. The minimum atomic E-state index is -0.101. The fourth-order valence-corrected chi connectivity index (χ4v) is 3.58. The highest BCUT2D eigenvalue weighted by atomic mass is 35.5. The van der Waals surface area contributed by atoms with Crippen LogP contribution in [0.15, 0.2) is 53.1 Å². The molecule has 0 saturated heterocycles. The van der Waals surface area contributed by atoms with E-state index in [1.165, 1.54) is 5.56 Å². The van der Waals surface area contributed by atoms with Crippen molar-refractivity contribution in [2.75, 3.05) is 0 Å². The monoisotopic (exact) mass is 407 g/mol. The van der Waals surface area contributed by atoms with Crippen molar-refractivity contribution in [2.24, 2.45) is 0 Å². The lowest BCUT2D eigenvalue weighted by molar-refractivity contribution is -0.00111. The zero-order valence-electron chi connectivity index (χ0n) is 15.7. The fraction of sp³-hybridized carbons (Fsp3) is 0.238. The second-order valence-corrected chi connectivity index (χ2v) is 7.47. The van der Waals surface area contributed by atoms with Crippen LogP contribution in [-0.2, 0) is 24.3 Å². The fourth-order valence-electron chi connectivity index (χ4n) is 3.46. The van der Waals surface area contributed by atoms with Crippen LogP contribution in [0.3, 0.4) is 0 Å². The molecule has 0 fully saturated rings. The van der Waals surface area contributed by atoms with Crippen LogP contribution in [-0.4, -0.2) is 25.1 Å². The van der Waals surface area contributed by atoms with Gasteiger partial charge in [-0.05, 0) is 35.7 Å². The Morgan fingerprint density at radius 1 is 1.14 bits per heavy atom. The summed E-state index contributed by atoms with van der Waals surface area (Å²) >= 11 is 5.97. The molecule has 7 nitrogen and oxygen atoms in total. The number of fused-ring (bicyclic) bond motifs is 1. The van der Waals surface area contributed by atoms with Gasteiger partial charge in [-0.1, -0.05) is 58.4 Å². The molecule has 0 spiro atoms. The molecular formula is C21H18ClN5O2. The summed E-state index contributed by atoms with van der Waals surface area (Å²) in [5.41, 5.74) is 4.84. The highest BCUT2D eigenvalue weighted by Gasteiger charge is 2.27. The molecule has 0 aliphatic carbocycles. The first kappa shape index (κ1) is 18.0. The zero-order valence-corrected chi connectivity index (χ0v) is 16.5. The van der Waals surface area contributed by atoms with Crippen molar-refractivity contribution in [3.05, 3.63) is 81.8 Å². The van der Waals surface area contributed by atoms with E-state index in [2.05, 4.69) is 39.5 Å². The summed E-state index contributed by atoms with van der Waals surface area (Å²) in [5.74, 6) is 0.982. The van der Waals surface area contributed by atoms with Crippen molar-refractivity contribution in [2.45, 2.75) is 32.6 Å². The molecule has 2 aromatic heterocycles. The van der Waals surface area contributed by atoms with Crippen LogP contribution in [0.25, 0.3) is 11.5 Å². The molecule has 0 saturated carbocycles. The molecule has 146 valence electrons. The lowest BCUT2D eigenvalue weighted by Crippen LogP contribution is -2.22. The zero-order chi connectivity index (χ0) is 19.8. The number of hydrogen-bond donors (Lipinski definition) is 0. The molecule has 4 aromatic rings. The van der Waals surface area contributed by atoms with Crippen molar-refractivity contribution in [1.82, 2.24) is 25.1 Å². The third-order valence-corrected chi connectivity index (χ3v) is 5.37. The van der Waals surface area contributed by atoms with Crippen LogP contribution in [0.4, 0.5) is 0 Å². The average Bonchev–Trinajstić information content (AvgIpc) is 3.36. The van der Waals surface area contributed by atoms with E-state index in [0.717, 1.165) is 16.8 Å². The first-order valence-corrected chi connectivity index (χ1v) is 9.72. The maximum atomic E-state index is 6.04. The van der Waals surface area contributed by atoms with E-state index in [1.54, 1.807) is 0 Å². The van der Waals surface area contributed by atoms with Gasteiger partial charge in [0.2, 0.25) is 11.7 Å². The summed E-state index contributed by atoms with van der Waals surface area (Å²) in [6.07, 6.45) is 0.481. The predicted molar refractivity (Wildman–Crippen MR) is 106 cm³/mol. The van der Waals surface area contributed by atoms with E-state index < -0.39 is 0 Å². The lowest BCUT2D eigenvalue weighted by atomic mass is 10.1. The maximum Gasteiger partial charge on any atom is 0.231 e. The quantitative estimate of drug-likeness (QED) is 0.505. The molecule has 8 heteroatoms. The summed E-state index contributed by atoms with van der Waals surface area (Å²) < 4.78 is 13.3. The molecule has 29 heavy (non-hydrogen) atoms. The van der Waals surface area contributed by atoms with Crippen LogP contribution in [0.1, 0.15) is 34.4 Å². The molecule has 1 atom stereocenters. The van der Waals surface area contributed by atoms with Gasteiger partial charge in [-0.25, -0.2) is 4.68 Å². The Balaban J connectivity index is 1.36. The van der Waals surface area contributed by atoms with Gasteiger partial charge in [-0.2, -0.15) is 4.98 Å². The molecule has 0 amide bonds. The van der Waals surface area contributed by atoms with Crippen molar-refractivity contribution in [3.63, 3.8) is 0 Å². The normalized spacial score (nSPS) is 16.0. The molecule has 3 heterocycles. The average molecular weight is 408 g/mol. The third-order valence-electron chi connectivity index (χ3n) is 5.12. The molecular weight excluding hydrogens is 390 g/mol. The molecule has 0 bridgehead atoms. The third kappa shape index (κ3) is 3.54. The predicted octanol–water partition coefficient (Wildman–Crippen LogP) is 4.15. The SMILES string of the molecule is Cc1ccccc1Cc1nc(-c2nnn3c2COC(c2ccc(Cl)cc2)C3)no1.